The third-order valence-corrected chi connectivity index (χ3v) is 7.81. The van der Waals surface area contributed by atoms with Gasteiger partial charge in [0.1, 0.15) is 0 Å². The number of Topliss-reactive ketones (excluding diaryl/α,β-unsaturated/α-hetero) is 1. The molecule has 0 saturated carbocycles. The Bertz CT molecular complexity index is 1090. The van der Waals surface area contributed by atoms with Crippen LogP contribution in [0.25, 0.3) is 0 Å². The molecule has 30 heavy (non-hydrogen) atoms. The van der Waals surface area contributed by atoms with Gasteiger partial charge in [0.15, 0.2) is 15.6 Å². The third kappa shape index (κ3) is 5.09. The molecule has 0 aliphatic carbocycles. The smallest absolute Gasteiger partial charge is 0.237 e. The minimum atomic E-state index is -3.67. The molecule has 0 bridgehead atoms. The van der Waals surface area contributed by atoms with Gasteiger partial charge >= 0.3 is 0 Å². The monoisotopic (exact) mass is 446 g/mol. The van der Waals surface area contributed by atoms with Crippen LogP contribution < -0.4 is 10.6 Å². The first-order chi connectivity index (χ1) is 14.2. The number of amides is 2. The number of benzene rings is 2. The fourth-order valence-electron chi connectivity index (χ4n) is 2.94. The largest absolute Gasteiger partial charge is 0.326 e. The van der Waals surface area contributed by atoms with Crippen LogP contribution in [0.3, 0.4) is 0 Å². The molecular weight excluding hydrogens is 424 g/mol. The maximum absolute atomic E-state index is 12.7. The zero-order valence-corrected chi connectivity index (χ0v) is 18.2. The second-order valence-corrected chi connectivity index (χ2v) is 10.3. The molecule has 2 aromatic rings. The van der Waals surface area contributed by atoms with E-state index in [2.05, 4.69) is 10.6 Å². The molecular formula is C21H22N2O5S2. The van der Waals surface area contributed by atoms with Crippen molar-refractivity contribution in [2.75, 3.05) is 16.4 Å². The second kappa shape index (κ2) is 9.01. The summed E-state index contributed by atoms with van der Waals surface area (Å²) < 4.78 is 25.4. The van der Waals surface area contributed by atoms with Gasteiger partial charge in [0.2, 0.25) is 11.8 Å². The summed E-state index contributed by atoms with van der Waals surface area (Å²) in [6.45, 7) is 3.35. The highest BCUT2D eigenvalue weighted by molar-refractivity contribution is 8.01. The molecule has 2 amide bonds. The average Bonchev–Trinajstić information content (AvgIpc) is 2.72. The van der Waals surface area contributed by atoms with Crippen molar-refractivity contribution in [2.45, 2.75) is 41.7 Å². The number of thioether (sulfide) groups is 1. The lowest BCUT2D eigenvalue weighted by Gasteiger charge is -2.23. The summed E-state index contributed by atoms with van der Waals surface area (Å²) in [7, 11) is -3.67. The predicted molar refractivity (Wildman–Crippen MR) is 117 cm³/mol. The van der Waals surface area contributed by atoms with E-state index in [9.17, 15) is 22.8 Å². The minimum absolute atomic E-state index is 0.0768. The molecule has 2 aromatic carbocycles. The molecule has 158 valence electrons. The molecule has 0 radical (unpaired) electrons. The van der Waals surface area contributed by atoms with Crippen LogP contribution in [0, 0.1) is 0 Å². The Hall–Kier alpha value is -2.65. The lowest BCUT2D eigenvalue weighted by atomic mass is 10.1. The fourth-order valence-corrected chi connectivity index (χ4v) is 5.36. The molecule has 1 atom stereocenters. The molecule has 0 fully saturated rings. The van der Waals surface area contributed by atoms with Crippen molar-refractivity contribution in [3.05, 3.63) is 48.0 Å². The molecule has 0 aromatic heterocycles. The molecule has 1 aliphatic heterocycles. The van der Waals surface area contributed by atoms with Crippen molar-refractivity contribution in [3.63, 3.8) is 0 Å². The second-order valence-electron chi connectivity index (χ2n) is 6.91. The van der Waals surface area contributed by atoms with Crippen LogP contribution in [-0.4, -0.2) is 37.0 Å². The molecule has 0 saturated heterocycles. The number of carbonyl (C=O) groups is 3. The van der Waals surface area contributed by atoms with Crippen molar-refractivity contribution >= 4 is 50.6 Å². The van der Waals surface area contributed by atoms with Gasteiger partial charge in [-0.1, -0.05) is 6.92 Å². The number of ketones is 1. The minimum Gasteiger partial charge on any atom is -0.326 e. The van der Waals surface area contributed by atoms with Gasteiger partial charge < -0.3 is 10.6 Å². The summed E-state index contributed by atoms with van der Waals surface area (Å²) in [5, 5.41) is 5.17. The quantitative estimate of drug-likeness (QED) is 0.630. The van der Waals surface area contributed by atoms with E-state index in [1.54, 1.807) is 36.4 Å². The van der Waals surface area contributed by atoms with Gasteiger partial charge in [-0.3, -0.25) is 14.4 Å². The lowest BCUT2D eigenvalue weighted by molar-refractivity contribution is -0.116. The Morgan fingerprint density at radius 2 is 1.83 bits per heavy atom. The van der Waals surface area contributed by atoms with Crippen LogP contribution >= 0.6 is 11.8 Å². The highest BCUT2D eigenvalue weighted by Crippen LogP contribution is 2.38. The van der Waals surface area contributed by atoms with E-state index in [0.717, 1.165) is 0 Å². The third-order valence-electron chi connectivity index (χ3n) is 4.68. The van der Waals surface area contributed by atoms with E-state index in [1.165, 1.54) is 24.8 Å². The first-order valence-corrected chi connectivity index (χ1v) is 12.0. The Kier molecular flexibility index (Phi) is 6.62. The number of nitrogens with one attached hydrogen (secondary N) is 2. The Morgan fingerprint density at radius 3 is 2.47 bits per heavy atom. The summed E-state index contributed by atoms with van der Waals surface area (Å²) >= 11 is 1.34. The van der Waals surface area contributed by atoms with Crippen molar-refractivity contribution in [1.29, 1.82) is 0 Å². The summed E-state index contributed by atoms with van der Waals surface area (Å²) in [4.78, 5) is 36.2. The highest BCUT2D eigenvalue weighted by Gasteiger charge is 2.27. The Labute approximate surface area is 179 Å². The fraction of sp³-hybridized carbons (Fsp3) is 0.286. The van der Waals surface area contributed by atoms with Crippen LogP contribution in [0.5, 0.6) is 0 Å². The lowest BCUT2D eigenvalue weighted by Crippen LogP contribution is -2.28. The summed E-state index contributed by atoms with van der Waals surface area (Å²) in [6.07, 6.45) is 0.440. The van der Waals surface area contributed by atoms with Gasteiger partial charge in [0, 0.05) is 22.6 Å². The Balaban J connectivity index is 1.64. The standard InChI is InChI=1S/C21H22N2O5S2/c1-3-18-21(26)23-17-9-8-16(12-19(17)29-18)30(27,28)11-10-20(25)22-15-6-4-14(5-7-15)13(2)24/h4-9,12,18H,3,10-11H2,1-2H3,(H,22,25)(H,23,26). The van der Waals surface area contributed by atoms with E-state index in [4.69, 9.17) is 0 Å². The van der Waals surface area contributed by atoms with Gasteiger partial charge in [0.05, 0.1) is 21.6 Å². The van der Waals surface area contributed by atoms with Crippen LogP contribution in [0.15, 0.2) is 52.3 Å². The molecule has 9 heteroatoms. The zero-order valence-electron chi connectivity index (χ0n) is 16.6. The summed E-state index contributed by atoms with van der Waals surface area (Å²) in [5.41, 5.74) is 1.62. The van der Waals surface area contributed by atoms with Crippen LogP contribution in [0.2, 0.25) is 0 Å². The number of hydrogen-bond acceptors (Lipinski definition) is 6. The van der Waals surface area contributed by atoms with Crippen LogP contribution in [0.1, 0.15) is 37.0 Å². The maximum atomic E-state index is 12.7. The van der Waals surface area contributed by atoms with Crippen LogP contribution in [0.4, 0.5) is 11.4 Å². The maximum Gasteiger partial charge on any atom is 0.237 e. The SMILES string of the molecule is CCC1Sc2cc(S(=O)(=O)CCC(=O)Nc3ccc(C(C)=O)cc3)ccc2NC1=O. The van der Waals surface area contributed by atoms with E-state index < -0.39 is 15.7 Å². The number of carbonyl (C=O) groups excluding carboxylic acids is 3. The first-order valence-electron chi connectivity index (χ1n) is 9.45. The van der Waals surface area contributed by atoms with Gasteiger partial charge in [-0.05, 0) is 55.8 Å². The average molecular weight is 447 g/mol. The Morgan fingerprint density at radius 1 is 1.13 bits per heavy atom. The number of fused-ring (bicyclic) bond motifs is 1. The van der Waals surface area contributed by atoms with Crippen LogP contribution in [-0.2, 0) is 19.4 Å². The van der Waals surface area contributed by atoms with Gasteiger partial charge in [-0.2, -0.15) is 0 Å². The van der Waals surface area contributed by atoms with Gasteiger partial charge in [0.25, 0.3) is 0 Å². The molecule has 7 nitrogen and oxygen atoms in total. The van der Waals surface area contributed by atoms with Crippen molar-refractivity contribution < 1.29 is 22.8 Å². The van der Waals surface area contributed by atoms with Crippen molar-refractivity contribution in [3.8, 4) is 0 Å². The molecule has 3 rings (SSSR count). The number of sulfone groups is 1. The normalized spacial score (nSPS) is 15.8. The van der Waals surface area contributed by atoms with E-state index in [0.29, 0.717) is 28.3 Å². The summed E-state index contributed by atoms with van der Waals surface area (Å²) in [6, 6.07) is 11.0. The highest BCUT2D eigenvalue weighted by atomic mass is 32.2. The number of anilines is 2. The zero-order chi connectivity index (χ0) is 21.9. The van der Waals surface area contributed by atoms with E-state index >= 15 is 0 Å². The van der Waals surface area contributed by atoms with Crippen molar-refractivity contribution in [2.24, 2.45) is 0 Å². The van der Waals surface area contributed by atoms with E-state index in [-0.39, 0.29) is 34.0 Å². The molecule has 1 heterocycles. The predicted octanol–water partition coefficient (Wildman–Crippen LogP) is 3.51. The topological polar surface area (TPSA) is 109 Å². The number of rotatable bonds is 7. The molecule has 1 aliphatic rings. The van der Waals surface area contributed by atoms with E-state index in [1.807, 2.05) is 6.92 Å². The molecule has 2 N–H and O–H groups in total. The van der Waals surface area contributed by atoms with Gasteiger partial charge in [-0.25, -0.2) is 8.42 Å². The molecule has 0 spiro atoms. The first kappa shape index (κ1) is 22.0. The number of hydrogen-bond donors (Lipinski definition) is 2. The summed E-state index contributed by atoms with van der Waals surface area (Å²) in [5.74, 6) is -0.928. The molecule has 1 unspecified atom stereocenters. The van der Waals surface area contributed by atoms with Crippen molar-refractivity contribution in [1.82, 2.24) is 0 Å². The van der Waals surface area contributed by atoms with Gasteiger partial charge in [-0.15, -0.1) is 11.8 Å².